The molecule has 17 heavy (non-hydrogen) atoms. The molecule has 3 nitrogen and oxygen atoms in total. The number of carbonyl (C=O) groups excluding carboxylic acids is 1. The lowest BCUT2D eigenvalue weighted by Gasteiger charge is -2.27. The summed E-state index contributed by atoms with van der Waals surface area (Å²) in [7, 11) is 0. The van der Waals surface area contributed by atoms with Crippen molar-refractivity contribution in [2.75, 3.05) is 19.7 Å². The number of ether oxygens (including phenoxy) is 1. The van der Waals surface area contributed by atoms with Gasteiger partial charge in [-0.05, 0) is 26.0 Å². The number of likely N-dealkylation sites (N-methyl/N-ethyl adjacent to an activating group) is 1. The fourth-order valence-corrected chi connectivity index (χ4v) is 1.84. The molecule has 0 spiro atoms. The third-order valence-electron chi connectivity index (χ3n) is 2.87. The summed E-state index contributed by atoms with van der Waals surface area (Å²) in [5.41, 5.74) is 1.22. The Bertz CT molecular complexity index is 337. The first-order chi connectivity index (χ1) is 8.19. The van der Waals surface area contributed by atoms with E-state index in [-0.39, 0.29) is 12.0 Å². The van der Waals surface area contributed by atoms with Crippen LogP contribution >= 0.6 is 0 Å². The van der Waals surface area contributed by atoms with E-state index in [0.29, 0.717) is 13.2 Å². The maximum absolute atomic E-state index is 11.5. The van der Waals surface area contributed by atoms with Gasteiger partial charge in [0.05, 0.1) is 13.2 Å². The molecule has 0 saturated carbocycles. The molecule has 1 aromatic rings. The van der Waals surface area contributed by atoms with Gasteiger partial charge in [0.2, 0.25) is 0 Å². The maximum atomic E-state index is 11.5. The van der Waals surface area contributed by atoms with Crippen molar-refractivity contribution in [3.8, 4) is 0 Å². The second-order valence-electron chi connectivity index (χ2n) is 3.95. The molecule has 0 aromatic heterocycles. The van der Waals surface area contributed by atoms with Crippen LogP contribution in [0.4, 0.5) is 0 Å². The summed E-state index contributed by atoms with van der Waals surface area (Å²) in [6, 6.07) is 10.4. The highest BCUT2D eigenvalue weighted by molar-refractivity contribution is 5.71. The first-order valence-electron chi connectivity index (χ1n) is 6.13. The summed E-state index contributed by atoms with van der Waals surface area (Å²) in [4.78, 5) is 13.6. The Morgan fingerprint density at radius 3 is 2.47 bits per heavy atom. The van der Waals surface area contributed by atoms with Gasteiger partial charge in [-0.3, -0.25) is 9.69 Å². The minimum absolute atomic E-state index is 0.155. The summed E-state index contributed by atoms with van der Waals surface area (Å²) < 4.78 is 4.98. The van der Waals surface area contributed by atoms with E-state index < -0.39 is 0 Å². The van der Waals surface area contributed by atoms with Crippen molar-refractivity contribution >= 4 is 5.97 Å². The lowest BCUT2D eigenvalue weighted by molar-refractivity contribution is -0.144. The summed E-state index contributed by atoms with van der Waals surface area (Å²) >= 11 is 0. The van der Waals surface area contributed by atoms with Gasteiger partial charge < -0.3 is 4.74 Å². The van der Waals surface area contributed by atoms with E-state index in [0.717, 1.165) is 6.54 Å². The van der Waals surface area contributed by atoms with Crippen LogP contribution in [0.15, 0.2) is 30.3 Å². The molecular formula is C14H21NO2. The third-order valence-corrected chi connectivity index (χ3v) is 2.87. The van der Waals surface area contributed by atoms with Crippen molar-refractivity contribution < 1.29 is 9.53 Å². The van der Waals surface area contributed by atoms with Crippen molar-refractivity contribution in [1.82, 2.24) is 4.90 Å². The van der Waals surface area contributed by atoms with Crippen LogP contribution in [-0.2, 0) is 9.53 Å². The topological polar surface area (TPSA) is 29.5 Å². The van der Waals surface area contributed by atoms with Crippen molar-refractivity contribution in [3.63, 3.8) is 0 Å². The average molecular weight is 235 g/mol. The number of hydrogen-bond acceptors (Lipinski definition) is 3. The van der Waals surface area contributed by atoms with Crippen LogP contribution < -0.4 is 0 Å². The van der Waals surface area contributed by atoms with Gasteiger partial charge in [0, 0.05) is 6.04 Å². The number of hydrogen-bond donors (Lipinski definition) is 0. The molecule has 0 heterocycles. The van der Waals surface area contributed by atoms with E-state index in [1.807, 2.05) is 25.1 Å². The zero-order valence-corrected chi connectivity index (χ0v) is 10.8. The van der Waals surface area contributed by atoms with Crippen LogP contribution in [0.2, 0.25) is 0 Å². The molecule has 0 bridgehead atoms. The summed E-state index contributed by atoms with van der Waals surface area (Å²) in [5.74, 6) is -0.155. The van der Waals surface area contributed by atoms with Gasteiger partial charge in [0.1, 0.15) is 0 Å². The van der Waals surface area contributed by atoms with E-state index in [9.17, 15) is 4.79 Å². The molecule has 0 radical (unpaired) electrons. The van der Waals surface area contributed by atoms with Crippen LogP contribution in [0.3, 0.4) is 0 Å². The number of nitrogens with zero attached hydrogens (tertiary/aromatic N) is 1. The van der Waals surface area contributed by atoms with E-state index >= 15 is 0 Å². The van der Waals surface area contributed by atoms with Crippen molar-refractivity contribution in [1.29, 1.82) is 0 Å². The molecule has 0 saturated heterocycles. The molecule has 0 unspecified atom stereocenters. The smallest absolute Gasteiger partial charge is 0.320 e. The molecule has 0 aliphatic carbocycles. The second-order valence-corrected chi connectivity index (χ2v) is 3.95. The normalized spacial score (nSPS) is 12.5. The highest BCUT2D eigenvalue weighted by Gasteiger charge is 2.17. The van der Waals surface area contributed by atoms with Crippen LogP contribution in [0.1, 0.15) is 32.4 Å². The molecule has 94 valence electrons. The van der Waals surface area contributed by atoms with Crippen LogP contribution in [0.5, 0.6) is 0 Å². The van der Waals surface area contributed by atoms with E-state index in [4.69, 9.17) is 4.74 Å². The average Bonchev–Trinajstić information content (AvgIpc) is 2.36. The fourth-order valence-electron chi connectivity index (χ4n) is 1.84. The van der Waals surface area contributed by atoms with Gasteiger partial charge in [-0.1, -0.05) is 37.3 Å². The third kappa shape index (κ3) is 4.19. The van der Waals surface area contributed by atoms with E-state index in [1.165, 1.54) is 5.56 Å². The number of carbonyl (C=O) groups is 1. The summed E-state index contributed by atoms with van der Waals surface area (Å²) in [5, 5.41) is 0. The number of rotatable bonds is 6. The molecule has 1 aromatic carbocycles. The predicted molar refractivity (Wildman–Crippen MR) is 68.7 cm³/mol. The van der Waals surface area contributed by atoms with Gasteiger partial charge in [-0.15, -0.1) is 0 Å². The lowest BCUT2D eigenvalue weighted by atomic mass is 10.1. The van der Waals surface area contributed by atoms with E-state index in [1.54, 1.807) is 0 Å². The van der Waals surface area contributed by atoms with Crippen molar-refractivity contribution in [2.45, 2.75) is 26.8 Å². The summed E-state index contributed by atoms with van der Waals surface area (Å²) in [6.07, 6.45) is 0. The molecule has 0 aliphatic heterocycles. The Morgan fingerprint density at radius 1 is 1.29 bits per heavy atom. The minimum Gasteiger partial charge on any atom is -0.465 e. The molecule has 0 fully saturated rings. The number of esters is 1. The Kier molecular flexibility index (Phi) is 5.70. The Balaban J connectivity index is 2.64. The van der Waals surface area contributed by atoms with Crippen molar-refractivity contribution in [3.05, 3.63) is 35.9 Å². The first-order valence-corrected chi connectivity index (χ1v) is 6.13. The monoisotopic (exact) mass is 235 g/mol. The van der Waals surface area contributed by atoms with Gasteiger partial charge in [-0.2, -0.15) is 0 Å². The second kappa shape index (κ2) is 7.07. The zero-order valence-electron chi connectivity index (χ0n) is 10.8. The zero-order chi connectivity index (χ0) is 12.7. The molecular weight excluding hydrogens is 214 g/mol. The summed E-state index contributed by atoms with van der Waals surface area (Å²) in [6.45, 7) is 7.61. The highest BCUT2D eigenvalue weighted by Crippen LogP contribution is 2.19. The molecule has 0 aliphatic rings. The molecule has 3 heteroatoms. The fraction of sp³-hybridized carbons (Fsp3) is 0.500. The van der Waals surface area contributed by atoms with Gasteiger partial charge in [0.25, 0.3) is 0 Å². The van der Waals surface area contributed by atoms with Crippen LogP contribution in [-0.4, -0.2) is 30.6 Å². The maximum Gasteiger partial charge on any atom is 0.320 e. The quantitative estimate of drug-likeness (QED) is 0.710. The first kappa shape index (κ1) is 13.7. The lowest BCUT2D eigenvalue weighted by Crippen LogP contribution is -2.33. The Hall–Kier alpha value is -1.35. The largest absolute Gasteiger partial charge is 0.465 e. The Labute approximate surface area is 103 Å². The SMILES string of the molecule is CCOC(=O)CN(CC)[C@@H](C)c1ccccc1. The van der Waals surface area contributed by atoms with Gasteiger partial charge in [0.15, 0.2) is 0 Å². The van der Waals surface area contributed by atoms with Crippen LogP contribution in [0, 0.1) is 0 Å². The number of benzene rings is 1. The standard InChI is InChI=1S/C14H21NO2/c1-4-15(11-14(16)17-5-2)12(3)13-9-7-6-8-10-13/h6-10,12H,4-5,11H2,1-3H3/t12-/m0/s1. The molecule has 0 amide bonds. The predicted octanol–water partition coefficient (Wildman–Crippen LogP) is 2.63. The van der Waals surface area contributed by atoms with Gasteiger partial charge >= 0.3 is 5.97 Å². The van der Waals surface area contributed by atoms with Crippen molar-refractivity contribution in [2.24, 2.45) is 0 Å². The van der Waals surface area contributed by atoms with Gasteiger partial charge in [-0.25, -0.2) is 0 Å². The van der Waals surface area contributed by atoms with Crippen LogP contribution in [0.25, 0.3) is 0 Å². The minimum atomic E-state index is -0.155. The van der Waals surface area contributed by atoms with E-state index in [2.05, 4.69) is 30.9 Å². The molecule has 1 atom stereocenters. The molecule has 1 rings (SSSR count). The highest BCUT2D eigenvalue weighted by atomic mass is 16.5. The Morgan fingerprint density at radius 2 is 1.94 bits per heavy atom. The molecule has 0 N–H and O–H groups in total.